The number of alkyl halides is 1. The first kappa shape index (κ1) is 7.31. The van der Waals surface area contributed by atoms with Crippen molar-refractivity contribution in [3.8, 4) is 0 Å². The Kier molecular flexibility index (Phi) is 2.09. The first-order valence-electron chi connectivity index (χ1n) is 3.44. The van der Waals surface area contributed by atoms with Crippen LogP contribution >= 0.6 is 0 Å². The maximum Gasteiger partial charge on any atom is 0.319 e. The van der Waals surface area contributed by atoms with Gasteiger partial charge in [0.25, 0.3) is 0 Å². The van der Waals surface area contributed by atoms with Gasteiger partial charge in [-0.3, -0.25) is 4.90 Å². The lowest BCUT2D eigenvalue weighted by atomic mass is 10.3. The molecule has 1 atom stereocenters. The van der Waals surface area contributed by atoms with Gasteiger partial charge in [0.05, 0.1) is 0 Å². The van der Waals surface area contributed by atoms with Crippen molar-refractivity contribution in [1.82, 2.24) is 10.2 Å². The number of hydrogen-bond donors (Lipinski definition) is 1. The van der Waals surface area contributed by atoms with E-state index < -0.39 is 6.30 Å². The molecule has 0 bridgehead atoms. The van der Waals surface area contributed by atoms with Crippen LogP contribution in [0, 0.1) is 0 Å². The highest BCUT2D eigenvalue weighted by molar-refractivity contribution is 5.75. The van der Waals surface area contributed by atoms with E-state index in [0.717, 1.165) is 0 Å². The molecule has 0 aliphatic carbocycles. The van der Waals surface area contributed by atoms with Crippen LogP contribution in [0.3, 0.4) is 0 Å². The number of halogens is 1. The Hall–Kier alpha value is -0.800. The summed E-state index contributed by atoms with van der Waals surface area (Å²) in [4.78, 5) is 12.0. The standard InChI is InChI=1S/C6H11FN2O/c1-2-9-5(7)3-4-8-6(9)10/h5H,2-4H2,1H3,(H,8,10). The summed E-state index contributed by atoms with van der Waals surface area (Å²) in [6.45, 7) is 2.65. The van der Waals surface area contributed by atoms with Crippen molar-refractivity contribution in [2.45, 2.75) is 19.6 Å². The van der Waals surface area contributed by atoms with Crippen LogP contribution in [0.5, 0.6) is 0 Å². The van der Waals surface area contributed by atoms with E-state index in [1.54, 1.807) is 6.92 Å². The minimum absolute atomic E-state index is 0.291. The number of nitrogens with zero attached hydrogens (tertiary/aromatic N) is 1. The molecule has 0 spiro atoms. The molecule has 2 amide bonds. The van der Waals surface area contributed by atoms with Crippen LogP contribution in [0.25, 0.3) is 0 Å². The molecule has 1 aliphatic rings. The molecule has 0 saturated carbocycles. The largest absolute Gasteiger partial charge is 0.338 e. The molecule has 4 heteroatoms. The average molecular weight is 146 g/mol. The second-order valence-electron chi connectivity index (χ2n) is 2.24. The summed E-state index contributed by atoms with van der Waals surface area (Å²) >= 11 is 0. The molecular weight excluding hydrogens is 135 g/mol. The summed E-state index contributed by atoms with van der Waals surface area (Å²) in [5.41, 5.74) is 0. The van der Waals surface area contributed by atoms with Crippen LogP contribution in [-0.2, 0) is 0 Å². The van der Waals surface area contributed by atoms with Gasteiger partial charge < -0.3 is 5.32 Å². The molecule has 0 aromatic rings. The molecule has 0 aromatic heterocycles. The van der Waals surface area contributed by atoms with E-state index in [4.69, 9.17) is 0 Å². The highest BCUT2D eigenvalue weighted by Crippen LogP contribution is 2.09. The lowest BCUT2D eigenvalue weighted by molar-refractivity contribution is 0.0854. The minimum atomic E-state index is -1.08. The first-order valence-corrected chi connectivity index (χ1v) is 3.44. The summed E-state index contributed by atoms with van der Waals surface area (Å²) in [5.74, 6) is 0. The van der Waals surface area contributed by atoms with E-state index in [2.05, 4.69) is 5.32 Å². The summed E-state index contributed by atoms with van der Waals surface area (Å²) in [7, 11) is 0. The predicted molar refractivity (Wildman–Crippen MR) is 35.3 cm³/mol. The van der Waals surface area contributed by atoms with E-state index in [1.807, 2.05) is 0 Å². The Balaban J connectivity index is 2.53. The fraction of sp³-hybridized carbons (Fsp3) is 0.833. The van der Waals surface area contributed by atoms with Crippen molar-refractivity contribution >= 4 is 6.03 Å². The molecule has 0 radical (unpaired) electrons. The van der Waals surface area contributed by atoms with Crippen molar-refractivity contribution in [3.63, 3.8) is 0 Å². The Morgan fingerprint density at radius 1 is 1.90 bits per heavy atom. The maximum absolute atomic E-state index is 12.8. The second-order valence-corrected chi connectivity index (χ2v) is 2.24. The van der Waals surface area contributed by atoms with Crippen molar-refractivity contribution in [2.24, 2.45) is 0 Å². The quantitative estimate of drug-likeness (QED) is 0.543. The fourth-order valence-electron chi connectivity index (χ4n) is 1.02. The Bertz CT molecular complexity index is 140. The van der Waals surface area contributed by atoms with Gasteiger partial charge in [-0.2, -0.15) is 0 Å². The SMILES string of the molecule is CCN1C(=O)NCCC1F. The van der Waals surface area contributed by atoms with Crippen molar-refractivity contribution < 1.29 is 9.18 Å². The number of carbonyl (C=O) groups excluding carboxylic acids is 1. The van der Waals surface area contributed by atoms with Crippen LogP contribution in [0.15, 0.2) is 0 Å². The summed E-state index contributed by atoms with van der Waals surface area (Å²) in [6.07, 6.45) is -0.682. The highest BCUT2D eigenvalue weighted by Gasteiger charge is 2.25. The van der Waals surface area contributed by atoms with E-state index in [-0.39, 0.29) is 6.03 Å². The van der Waals surface area contributed by atoms with Crippen LogP contribution in [0.1, 0.15) is 13.3 Å². The maximum atomic E-state index is 12.8. The zero-order chi connectivity index (χ0) is 7.56. The molecule has 3 nitrogen and oxygen atoms in total. The molecule has 1 rings (SSSR count). The Morgan fingerprint density at radius 3 is 3.00 bits per heavy atom. The summed E-state index contributed by atoms with van der Waals surface area (Å²) in [5, 5.41) is 2.56. The fourth-order valence-corrected chi connectivity index (χ4v) is 1.02. The number of nitrogens with one attached hydrogen (secondary N) is 1. The van der Waals surface area contributed by atoms with Gasteiger partial charge in [0.15, 0.2) is 6.30 Å². The van der Waals surface area contributed by atoms with Gasteiger partial charge in [-0.05, 0) is 6.92 Å². The first-order chi connectivity index (χ1) is 4.75. The van der Waals surface area contributed by atoms with E-state index >= 15 is 0 Å². The molecule has 1 fully saturated rings. The molecule has 1 unspecified atom stereocenters. The molecule has 10 heavy (non-hydrogen) atoms. The monoisotopic (exact) mass is 146 g/mol. The van der Waals surface area contributed by atoms with Crippen LogP contribution in [0.4, 0.5) is 9.18 Å². The van der Waals surface area contributed by atoms with E-state index in [9.17, 15) is 9.18 Å². The Morgan fingerprint density at radius 2 is 2.60 bits per heavy atom. The van der Waals surface area contributed by atoms with Crippen LogP contribution in [-0.4, -0.2) is 30.3 Å². The zero-order valence-corrected chi connectivity index (χ0v) is 5.93. The number of hydrogen-bond acceptors (Lipinski definition) is 1. The highest BCUT2D eigenvalue weighted by atomic mass is 19.1. The summed E-state index contributed by atoms with van der Waals surface area (Å²) < 4.78 is 12.8. The number of rotatable bonds is 1. The predicted octanol–water partition coefficient (Wildman–Crippen LogP) is 0.717. The molecule has 58 valence electrons. The smallest absolute Gasteiger partial charge is 0.319 e. The molecule has 1 N–H and O–H groups in total. The molecule has 1 aliphatic heterocycles. The van der Waals surface area contributed by atoms with Crippen molar-refractivity contribution in [1.29, 1.82) is 0 Å². The Labute approximate surface area is 59.2 Å². The van der Waals surface area contributed by atoms with Gasteiger partial charge in [-0.15, -0.1) is 0 Å². The molecule has 0 aromatic carbocycles. The van der Waals surface area contributed by atoms with Gasteiger partial charge in [0.2, 0.25) is 0 Å². The van der Waals surface area contributed by atoms with Crippen LogP contribution < -0.4 is 5.32 Å². The minimum Gasteiger partial charge on any atom is -0.338 e. The molecule has 1 saturated heterocycles. The third-order valence-electron chi connectivity index (χ3n) is 1.60. The van der Waals surface area contributed by atoms with E-state index in [1.165, 1.54) is 4.90 Å². The van der Waals surface area contributed by atoms with Gasteiger partial charge in [-0.25, -0.2) is 9.18 Å². The summed E-state index contributed by atoms with van der Waals surface area (Å²) in [6, 6.07) is -0.291. The lowest BCUT2D eigenvalue weighted by Crippen LogP contribution is -2.50. The topological polar surface area (TPSA) is 32.3 Å². The van der Waals surface area contributed by atoms with Crippen molar-refractivity contribution in [3.05, 3.63) is 0 Å². The van der Waals surface area contributed by atoms with Gasteiger partial charge >= 0.3 is 6.03 Å². The van der Waals surface area contributed by atoms with Crippen molar-refractivity contribution in [2.75, 3.05) is 13.1 Å². The third kappa shape index (κ3) is 1.20. The van der Waals surface area contributed by atoms with Crippen LogP contribution in [0.2, 0.25) is 0 Å². The van der Waals surface area contributed by atoms with Gasteiger partial charge in [-0.1, -0.05) is 0 Å². The molecular formula is C6H11FN2O. The van der Waals surface area contributed by atoms with Gasteiger partial charge in [0, 0.05) is 19.5 Å². The number of amides is 2. The third-order valence-corrected chi connectivity index (χ3v) is 1.60. The van der Waals surface area contributed by atoms with Gasteiger partial charge in [0.1, 0.15) is 0 Å². The zero-order valence-electron chi connectivity index (χ0n) is 5.93. The lowest BCUT2D eigenvalue weighted by Gasteiger charge is -2.29. The average Bonchev–Trinajstić information content (AvgIpc) is 1.88. The van der Waals surface area contributed by atoms with E-state index in [0.29, 0.717) is 19.5 Å². The molecule has 1 heterocycles. The normalized spacial score (nSPS) is 26.4. The number of carbonyl (C=O) groups is 1. The second kappa shape index (κ2) is 2.86. The number of urea groups is 1.